The topological polar surface area (TPSA) is 43.2 Å². The average molecular weight is 393 g/mol. The molecule has 0 aromatic heterocycles. The summed E-state index contributed by atoms with van der Waals surface area (Å²) >= 11 is 17.3. The molecule has 1 atom stereocenters. The van der Waals surface area contributed by atoms with Crippen molar-refractivity contribution in [3.8, 4) is 5.75 Å². The van der Waals surface area contributed by atoms with Crippen molar-refractivity contribution in [1.82, 2.24) is 0 Å². The Hall–Kier alpha value is -1.91. The molecule has 128 valence electrons. The van der Waals surface area contributed by atoms with Gasteiger partial charge >= 0.3 is 0 Å². The molecule has 3 rings (SSSR count). The van der Waals surface area contributed by atoms with Gasteiger partial charge in [0.15, 0.2) is 11.9 Å². The Morgan fingerprint density at radius 1 is 1.24 bits per heavy atom. The van der Waals surface area contributed by atoms with Gasteiger partial charge in [0.1, 0.15) is 6.61 Å². The molecule has 1 heterocycles. The standard InChI is InChI=1S/C18H14Cl2N2O2S/c19-15-6-13(17-8-14(24-22-17)9-21-11-25)7-16(20)18(15)23-10-12-4-2-1-3-5-12/h1-7,14H,8-10H2. The number of rotatable bonds is 6. The minimum atomic E-state index is -0.142. The molecule has 0 radical (unpaired) electrons. The van der Waals surface area contributed by atoms with Crippen LogP contribution in [0.2, 0.25) is 10.0 Å². The Labute approximate surface area is 161 Å². The fraction of sp³-hybridized carbons (Fsp3) is 0.222. The van der Waals surface area contributed by atoms with Gasteiger partial charge in [0, 0.05) is 12.0 Å². The number of hydrogen-bond acceptors (Lipinski definition) is 5. The van der Waals surface area contributed by atoms with Gasteiger partial charge in [-0.1, -0.05) is 58.7 Å². The Kier molecular flexibility index (Phi) is 6.05. The zero-order chi connectivity index (χ0) is 17.6. The predicted molar refractivity (Wildman–Crippen MR) is 103 cm³/mol. The van der Waals surface area contributed by atoms with E-state index in [2.05, 4.69) is 27.5 Å². The predicted octanol–water partition coefficient (Wildman–Crippen LogP) is 5.17. The highest BCUT2D eigenvalue weighted by Gasteiger charge is 2.23. The molecule has 0 aliphatic carbocycles. The Morgan fingerprint density at radius 2 is 1.96 bits per heavy atom. The van der Waals surface area contributed by atoms with Gasteiger partial charge in [-0.3, -0.25) is 0 Å². The second-order valence-corrected chi connectivity index (χ2v) is 6.44. The molecule has 4 nitrogen and oxygen atoms in total. The van der Waals surface area contributed by atoms with E-state index in [4.69, 9.17) is 32.8 Å². The van der Waals surface area contributed by atoms with Gasteiger partial charge in [-0.2, -0.15) is 0 Å². The number of ether oxygens (including phenoxy) is 1. The van der Waals surface area contributed by atoms with Crippen molar-refractivity contribution in [2.75, 3.05) is 6.54 Å². The lowest BCUT2D eigenvalue weighted by molar-refractivity contribution is 0.0924. The third kappa shape index (κ3) is 4.59. The van der Waals surface area contributed by atoms with Gasteiger partial charge in [-0.25, -0.2) is 4.99 Å². The van der Waals surface area contributed by atoms with Crippen LogP contribution < -0.4 is 4.74 Å². The van der Waals surface area contributed by atoms with Crippen molar-refractivity contribution in [1.29, 1.82) is 0 Å². The summed E-state index contributed by atoms with van der Waals surface area (Å²) in [5.41, 5.74) is 2.60. The molecule has 0 spiro atoms. The second-order valence-electron chi connectivity index (χ2n) is 5.44. The first-order chi connectivity index (χ1) is 12.2. The molecule has 0 saturated carbocycles. The van der Waals surface area contributed by atoms with Crippen LogP contribution in [0, 0.1) is 0 Å². The molecule has 25 heavy (non-hydrogen) atoms. The van der Waals surface area contributed by atoms with Crippen molar-refractivity contribution < 1.29 is 9.57 Å². The summed E-state index contributed by atoms with van der Waals surface area (Å²) in [6.45, 7) is 0.817. The zero-order valence-corrected chi connectivity index (χ0v) is 15.4. The zero-order valence-electron chi connectivity index (χ0n) is 13.1. The van der Waals surface area contributed by atoms with Gasteiger partial charge in [0.05, 0.1) is 27.5 Å². The van der Waals surface area contributed by atoms with Crippen LogP contribution in [0.3, 0.4) is 0 Å². The first-order valence-electron chi connectivity index (χ1n) is 7.60. The van der Waals surface area contributed by atoms with Crippen molar-refractivity contribution >= 4 is 46.3 Å². The molecule has 1 aliphatic heterocycles. The maximum atomic E-state index is 6.35. The first kappa shape index (κ1) is 17.9. The Balaban J connectivity index is 1.71. The minimum absolute atomic E-state index is 0.142. The van der Waals surface area contributed by atoms with E-state index in [1.807, 2.05) is 30.3 Å². The van der Waals surface area contributed by atoms with Gasteiger partial charge in [-0.05, 0) is 29.9 Å². The van der Waals surface area contributed by atoms with Gasteiger partial charge in [-0.15, -0.1) is 0 Å². The molecule has 7 heteroatoms. The number of benzene rings is 2. The van der Waals surface area contributed by atoms with E-state index in [1.165, 1.54) is 0 Å². The van der Waals surface area contributed by atoms with Crippen LogP contribution in [0.1, 0.15) is 17.5 Å². The molecule has 2 aromatic carbocycles. The number of aliphatic imine (C=N–C) groups is 1. The van der Waals surface area contributed by atoms with Gasteiger partial charge in [0.2, 0.25) is 0 Å². The number of nitrogens with zero attached hydrogens (tertiary/aromatic N) is 2. The van der Waals surface area contributed by atoms with E-state index < -0.39 is 0 Å². The van der Waals surface area contributed by atoms with E-state index in [1.54, 1.807) is 12.1 Å². The normalized spacial score (nSPS) is 15.9. The number of hydrogen-bond donors (Lipinski definition) is 0. The van der Waals surface area contributed by atoms with Crippen molar-refractivity contribution in [2.24, 2.45) is 10.1 Å². The second kappa shape index (κ2) is 8.45. The maximum absolute atomic E-state index is 6.35. The number of thiocarbonyl (C=S) groups is 1. The number of isothiocyanates is 1. The first-order valence-corrected chi connectivity index (χ1v) is 8.76. The van der Waals surface area contributed by atoms with E-state index in [9.17, 15) is 0 Å². The molecule has 2 aromatic rings. The summed E-state index contributed by atoms with van der Waals surface area (Å²) in [7, 11) is 0. The van der Waals surface area contributed by atoms with Crippen LogP contribution in [0.15, 0.2) is 52.6 Å². The third-order valence-electron chi connectivity index (χ3n) is 3.65. The molecule has 0 bridgehead atoms. The summed E-state index contributed by atoms with van der Waals surface area (Å²) in [5.74, 6) is 0.456. The van der Waals surface area contributed by atoms with Crippen LogP contribution in [0.25, 0.3) is 0 Å². The maximum Gasteiger partial charge on any atom is 0.157 e. The van der Waals surface area contributed by atoms with E-state index in [-0.39, 0.29) is 6.10 Å². The summed E-state index contributed by atoms with van der Waals surface area (Å²) in [6.07, 6.45) is 0.467. The number of halogens is 2. The monoisotopic (exact) mass is 392 g/mol. The van der Waals surface area contributed by atoms with E-state index in [0.29, 0.717) is 35.4 Å². The van der Waals surface area contributed by atoms with Crippen molar-refractivity contribution in [3.05, 3.63) is 63.6 Å². The Bertz CT molecular complexity index is 813. The van der Waals surface area contributed by atoms with E-state index >= 15 is 0 Å². The summed E-state index contributed by atoms with van der Waals surface area (Å²) in [6, 6.07) is 13.4. The molecule has 0 amide bonds. The largest absolute Gasteiger partial charge is 0.486 e. The highest BCUT2D eigenvalue weighted by Crippen LogP contribution is 2.36. The quantitative estimate of drug-likeness (QED) is 0.503. The fourth-order valence-electron chi connectivity index (χ4n) is 2.43. The van der Waals surface area contributed by atoms with Crippen LogP contribution in [-0.2, 0) is 11.4 Å². The minimum Gasteiger partial charge on any atom is -0.486 e. The summed E-state index contributed by atoms with van der Waals surface area (Å²) in [5, 5.41) is 7.27. The average Bonchev–Trinajstić information content (AvgIpc) is 3.09. The lowest BCUT2D eigenvalue weighted by Gasteiger charge is -2.12. The fourth-order valence-corrected chi connectivity index (χ4v) is 3.10. The molecule has 0 saturated heterocycles. The lowest BCUT2D eigenvalue weighted by atomic mass is 10.0. The molecule has 0 N–H and O–H groups in total. The Morgan fingerprint density at radius 3 is 2.64 bits per heavy atom. The highest BCUT2D eigenvalue weighted by molar-refractivity contribution is 7.78. The molecule has 0 fully saturated rings. The molecule has 1 aliphatic rings. The SMILES string of the molecule is S=C=NCC1CC(c2cc(Cl)c(OCc3ccccc3)c(Cl)c2)=NO1. The van der Waals surface area contributed by atoms with Crippen LogP contribution >= 0.6 is 35.4 Å². The van der Waals surface area contributed by atoms with Gasteiger partial charge in [0.25, 0.3) is 0 Å². The third-order valence-corrected chi connectivity index (χ3v) is 4.34. The molecule has 1 unspecified atom stereocenters. The highest BCUT2D eigenvalue weighted by atomic mass is 35.5. The molecular weight excluding hydrogens is 379 g/mol. The number of oxime groups is 1. The smallest absolute Gasteiger partial charge is 0.157 e. The summed E-state index contributed by atoms with van der Waals surface area (Å²) in [4.78, 5) is 9.21. The van der Waals surface area contributed by atoms with Crippen LogP contribution in [-0.4, -0.2) is 23.5 Å². The summed E-state index contributed by atoms with van der Waals surface area (Å²) < 4.78 is 5.78. The van der Waals surface area contributed by atoms with Crippen molar-refractivity contribution in [3.63, 3.8) is 0 Å². The lowest BCUT2D eigenvalue weighted by Crippen LogP contribution is -2.12. The van der Waals surface area contributed by atoms with Crippen LogP contribution in [0.5, 0.6) is 5.75 Å². The van der Waals surface area contributed by atoms with Crippen molar-refractivity contribution in [2.45, 2.75) is 19.1 Å². The van der Waals surface area contributed by atoms with Crippen LogP contribution in [0.4, 0.5) is 0 Å². The molecular formula is C18H14Cl2N2O2S. The van der Waals surface area contributed by atoms with Gasteiger partial charge < -0.3 is 9.57 Å². The van der Waals surface area contributed by atoms with E-state index in [0.717, 1.165) is 16.8 Å².